The minimum Gasteiger partial charge on any atom is -0.366 e. The normalized spacial score (nSPS) is 24.7. The van der Waals surface area contributed by atoms with Gasteiger partial charge in [-0.05, 0) is 62.4 Å². The van der Waals surface area contributed by atoms with Crippen LogP contribution in [0.1, 0.15) is 48.9 Å². The molecular weight excluding hydrogens is 290 g/mol. The molecule has 1 aliphatic heterocycles. The van der Waals surface area contributed by atoms with E-state index in [4.69, 9.17) is 5.73 Å². The number of anilines is 1. The van der Waals surface area contributed by atoms with E-state index in [1.807, 2.05) is 0 Å². The van der Waals surface area contributed by atoms with E-state index in [9.17, 15) is 9.59 Å². The van der Waals surface area contributed by atoms with E-state index in [0.717, 1.165) is 12.5 Å². The van der Waals surface area contributed by atoms with Crippen LogP contribution >= 0.6 is 0 Å². The van der Waals surface area contributed by atoms with Gasteiger partial charge < -0.3 is 11.1 Å². The first-order valence-electron chi connectivity index (χ1n) is 8.57. The number of nitrogens with one attached hydrogen (secondary N) is 1. The van der Waals surface area contributed by atoms with E-state index in [-0.39, 0.29) is 5.91 Å². The van der Waals surface area contributed by atoms with Gasteiger partial charge in [0.2, 0.25) is 11.8 Å². The summed E-state index contributed by atoms with van der Waals surface area (Å²) in [6.45, 7) is 1.48. The first kappa shape index (κ1) is 16.0. The maximum Gasteiger partial charge on any atom is 0.248 e. The van der Waals surface area contributed by atoms with Crippen LogP contribution < -0.4 is 11.1 Å². The summed E-state index contributed by atoms with van der Waals surface area (Å²) in [4.78, 5) is 25.8. The van der Waals surface area contributed by atoms with Crippen LogP contribution in [0, 0.1) is 5.92 Å². The monoisotopic (exact) mass is 315 g/mol. The van der Waals surface area contributed by atoms with Gasteiger partial charge in [0.15, 0.2) is 0 Å². The molecule has 5 nitrogen and oxygen atoms in total. The molecular formula is C18H25N3O2. The van der Waals surface area contributed by atoms with Crippen molar-refractivity contribution in [3.63, 3.8) is 0 Å². The van der Waals surface area contributed by atoms with Crippen LogP contribution in [-0.2, 0) is 4.79 Å². The Labute approximate surface area is 137 Å². The van der Waals surface area contributed by atoms with E-state index < -0.39 is 5.91 Å². The van der Waals surface area contributed by atoms with Gasteiger partial charge in [0.25, 0.3) is 0 Å². The standard InChI is InChI=1S/C18H25N3O2/c19-18(23)14-7-9-15(10-8-14)20-17(22)12-21-11-3-5-13-4-1-2-6-16(13)21/h7-10,13,16H,1-6,11-12H2,(H2,19,23)(H,20,22)/t13-,16+/m1/s1. The fraction of sp³-hybridized carbons (Fsp3) is 0.556. The van der Waals surface area contributed by atoms with E-state index in [1.165, 1.54) is 38.5 Å². The Hall–Kier alpha value is -1.88. The van der Waals surface area contributed by atoms with Crippen LogP contribution in [0.3, 0.4) is 0 Å². The predicted molar refractivity (Wildman–Crippen MR) is 90.1 cm³/mol. The Kier molecular flexibility index (Phi) is 4.96. The number of piperidine rings is 1. The van der Waals surface area contributed by atoms with Crippen LogP contribution in [0.25, 0.3) is 0 Å². The summed E-state index contributed by atoms with van der Waals surface area (Å²) < 4.78 is 0. The summed E-state index contributed by atoms with van der Waals surface area (Å²) in [5, 5.41) is 2.92. The van der Waals surface area contributed by atoms with Crippen molar-refractivity contribution in [2.45, 2.75) is 44.6 Å². The highest BCUT2D eigenvalue weighted by molar-refractivity contribution is 5.95. The summed E-state index contributed by atoms with van der Waals surface area (Å²) in [5.41, 5.74) is 6.37. The number of primary amides is 1. The van der Waals surface area contributed by atoms with Gasteiger partial charge >= 0.3 is 0 Å². The number of carbonyl (C=O) groups excluding carboxylic acids is 2. The molecule has 0 radical (unpaired) electrons. The molecule has 5 heteroatoms. The molecule has 1 saturated carbocycles. The number of hydrogen-bond acceptors (Lipinski definition) is 3. The Morgan fingerprint density at radius 2 is 1.78 bits per heavy atom. The zero-order valence-electron chi connectivity index (χ0n) is 13.5. The highest BCUT2D eigenvalue weighted by atomic mass is 16.2. The van der Waals surface area contributed by atoms with Crippen LogP contribution in [-0.4, -0.2) is 35.8 Å². The van der Waals surface area contributed by atoms with Gasteiger partial charge in [0.1, 0.15) is 0 Å². The van der Waals surface area contributed by atoms with Crippen molar-refractivity contribution in [3.8, 4) is 0 Å². The topological polar surface area (TPSA) is 75.4 Å². The number of likely N-dealkylation sites (tertiary alicyclic amines) is 1. The van der Waals surface area contributed by atoms with Crippen molar-refractivity contribution in [3.05, 3.63) is 29.8 Å². The van der Waals surface area contributed by atoms with E-state index in [1.54, 1.807) is 24.3 Å². The molecule has 1 aliphatic carbocycles. The number of amides is 2. The van der Waals surface area contributed by atoms with Crippen molar-refractivity contribution < 1.29 is 9.59 Å². The second kappa shape index (κ2) is 7.13. The van der Waals surface area contributed by atoms with E-state index in [0.29, 0.717) is 23.8 Å². The van der Waals surface area contributed by atoms with Crippen molar-refractivity contribution in [1.29, 1.82) is 0 Å². The Bertz CT molecular complexity index is 568. The number of hydrogen-bond donors (Lipinski definition) is 2. The molecule has 2 amide bonds. The minimum absolute atomic E-state index is 0.0167. The van der Waals surface area contributed by atoms with Crippen molar-refractivity contribution >= 4 is 17.5 Å². The zero-order valence-corrected chi connectivity index (χ0v) is 13.5. The van der Waals surface area contributed by atoms with Gasteiger partial charge in [0, 0.05) is 17.3 Å². The van der Waals surface area contributed by atoms with Crippen LogP contribution in [0.2, 0.25) is 0 Å². The summed E-state index contributed by atoms with van der Waals surface area (Å²) >= 11 is 0. The fourth-order valence-corrected chi connectivity index (χ4v) is 4.03. The average Bonchev–Trinajstić information content (AvgIpc) is 2.55. The molecule has 0 bridgehead atoms. The summed E-state index contributed by atoms with van der Waals surface area (Å²) in [5.74, 6) is 0.336. The Morgan fingerprint density at radius 3 is 2.52 bits per heavy atom. The summed E-state index contributed by atoms with van der Waals surface area (Å²) in [6.07, 6.45) is 7.68. The van der Waals surface area contributed by atoms with Crippen molar-refractivity contribution in [2.75, 3.05) is 18.4 Å². The minimum atomic E-state index is -0.459. The molecule has 0 aromatic heterocycles. The highest BCUT2D eigenvalue weighted by Gasteiger charge is 2.33. The van der Waals surface area contributed by atoms with Crippen LogP contribution in [0.5, 0.6) is 0 Å². The van der Waals surface area contributed by atoms with Gasteiger partial charge in [-0.2, -0.15) is 0 Å². The maximum atomic E-state index is 12.3. The molecule has 124 valence electrons. The Balaban J connectivity index is 1.57. The summed E-state index contributed by atoms with van der Waals surface area (Å²) in [7, 11) is 0. The molecule has 0 spiro atoms. The summed E-state index contributed by atoms with van der Waals surface area (Å²) in [6, 6.07) is 7.29. The van der Waals surface area contributed by atoms with E-state index in [2.05, 4.69) is 10.2 Å². The van der Waals surface area contributed by atoms with Gasteiger partial charge in [-0.1, -0.05) is 12.8 Å². The largest absolute Gasteiger partial charge is 0.366 e. The molecule has 2 aliphatic rings. The van der Waals surface area contributed by atoms with Crippen LogP contribution in [0.15, 0.2) is 24.3 Å². The molecule has 1 aromatic carbocycles. The maximum absolute atomic E-state index is 12.3. The molecule has 3 rings (SSSR count). The molecule has 1 aromatic rings. The van der Waals surface area contributed by atoms with Crippen molar-refractivity contribution in [2.24, 2.45) is 11.7 Å². The first-order chi connectivity index (χ1) is 11.1. The second-order valence-electron chi connectivity index (χ2n) is 6.71. The number of rotatable bonds is 4. The molecule has 1 saturated heterocycles. The quantitative estimate of drug-likeness (QED) is 0.895. The molecule has 3 N–H and O–H groups in total. The van der Waals surface area contributed by atoms with Gasteiger partial charge in [-0.25, -0.2) is 0 Å². The number of nitrogens with zero attached hydrogens (tertiary/aromatic N) is 1. The van der Waals surface area contributed by atoms with Gasteiger partial charge in [-0.3, -0.25) is 14.5 Å². The lowest BCUT2D eigenvalue weighted by Crippen LogP contribution is -2.49. The van der Waals surface area contributed by atoms with E-state index >= 15 is 0 Å². The smallest absolute Gasteiger partial charge is 0.248 e. The van der Waals surface area contributed by atoms with Crippen molar-refractivity contribution in [1.82, 2.24) is 4.90 Å². The third kappa shape index (κ3) is 3.91. The lowest BCUT2D eigenvalue weighted by Gasteiger charge is -2.43. The predicted octanol–water partition coefficient (Wildman–Crippen LogP) is 2.38. The molecule has 2 atom stereocenters. The number of carbonyl (C=O) groups is 2. The van der Waals surface area contributed by atoms with Crippen LogP contribution in [0.4, 0.5) is 5.69 Å². The second-order valence-corrected chi connectivity index (χ2v) is 6.71. The lowest BCUT2D eigenvalue weighted by molar-refractivity contribution is -0.118. The molecule has 23 heavy (non-hydrogen) atoms. The highest BCUT2D eigenvalue weighted by Crippen LogP contribution is 2.35. The molecule has 1 heterocycles. The SMILES string of the molecule is NC(=O)c1ccc(NC(=O)CN2CCC[C@H]3CCCC[C@@H]32)cc1. The molecule has 2 fully saturated rings. The average molecular weight is 315 g/mol. The first-order valence-corrected chi connectivity index (χ1v) is 8.57. The number of benzene rings is 1. The number of fused-ring (bicyclic) bond motifs is 1. The lowest BCUT2D eigenvalue weighted by atomic mass is 9.78. The molecule has 0 unspecified atom stereocenters. The third-order valence-corrected chi connectivity index (χ3v) is 5.16. The fourth-order valence-electron chi connectivity index (χ4n) is 4.03. The third-order valence-electron chi connectivity index (χ3n) is 5.16. The zero-order chi connectivity index (χ0) is 16.2. The Morgan fingerprint density at radius 1 is 1.09 bits per heavy atom. The van der Waals surface area contributed by atoms with Gasteiger partial charge in [0.05, 0.1) is 6.54 Å². The van der Waals surface area contributed by atoms with Gasteiger partial charge in [-0.15, -0.1) is 0 Å². The number of nitrogens with two attached hydrogens (primary N) is 1.